The highest BCUT2D eigenvalue weighted by Gasteiger charge is 2.20. The van der Waals surface area contributed by atoms with Gasteiger partial charge < -0.3 is 4.57 Å². The first-order valence-corrected chi connectivity index (χ1v) is 19.6. The van der Waals surface area contributed by atoms with Gasteiger partial charge >= 0.3 is 0 Å². The van der Waals surface area contributed by atoms with E-state index >= 15 is 0 Å². The lowest BCUT2D eigenvalue weighted by molar-refractivity contribution is 1.19. The fraction of sp³-hybridized carbons (Fsp3) is 0. The molecule has 0 aliphatic carbocycles. The zero-order valence-corrected chi connectivity index (χ0v) is 31.8. The second-order valence-electron chi connectivity index (χ2n) is 14.7. The Morgan fingerprint density at radius 3 is 1.88 bits per heavy atom. The van der Waals surface area contributed by atoms with Gasteiger partial charge in [-0.15, -0.1) is 0 Å². The lowest BCUT2D eigenvalue weighted by atomic mass is 9.97. The number of hydrogen-bond acceptors (Lipinski definition) is 3. The molecule has 0 aliphatic rings. The highest BCUT2D eigenvalue weighted by molar-refractivity contribution is 6.32. The summed E-state index contributed by atoms with van der Waals surface area (Å²) in [5.41, 5.74) is 11.9. The van der Waals surface area contributed by atoms with Crippen molar-refractivity contribution in [3.05, 3.63) is 199 Å². The number of fused-ring (bicyclic) bond motifs is 6. The van der Waals surface area contributed by atoms with Crippen molar-refractivity contribution in [1.29, 1.82) is 5.26 Å². The average Bonchev–Trinajstić information content (AvgIpc) is 3.59. The quantitative estimate of drug-likeness (QED) is 0.176. The molecule has 9 aromatic carbocycles. The molecule has 2 aromatic heterocycles. The van der Waals surface area contributed by atoms with Crippen LogP contribution in [0, 0.1) is 11.3 Å². The third-order valence-electron chi connectivity index (χ3n) is 11.3. The summed E-state index contributed by atoms with van der Waals surface area (Å²) < 4.78 is 2.37. The molecular formula is C53H31ClN4. The van der Waals surface area contributed by atoms with E-state index < -0.39 is 0 Å². The summed E-state index contributed by atoms with van der Waals surface area (Å²) in [7, 11) is 0. The minimum absolute atomic E-state index is 0.631. The van der Waals surface area contributed by atoms with Crippen molar-refractivity contribution in [2.24, 2.45) is 0 Å². The number of halogens is 1. The summed E-state index contributed by atoms with van der Waals surface area (Å²) in [6.07, 6.45) is 0. The predicted octanol–water partition coefficient (Wildman–Crippen LogP) is 14.2. The van der Waals surface area contributed by atoms with Gasteiger partial charge in [0.2, 0.25) is 0 Å². The van der Waals surface area contributed by atoms with Crippen LogP contribution in [0.2, 0.25) is 5.02 Å². The van der Waals surface area contributed by atoms with Gasteiger partial charge in [-0.1, -0.05) is 133 Å². The standard InChI is InChI=1S/C53H31ClN4/c54-41-23-26-50-46(31-41)45-28-38-10-4-5-11-39(38)30-51(45)58(50)49-27-24-44(42-12-6-7-13-43(42)49)53-56-48-25-22-40(36-16-14-33(32-55)15-17-36)29-47(48)52(57-53)37-20-18-35(19-21-37)34-8-2-1-3-9-34/h1-31H. The van der Waals surface area contributed by atoms with Gasteiger partial charge in [-0.2, -0.15) is 5.26 Å². The van der Waals surface area contributed by atoms with Gasteiger partial charge in [0.25, 0.3) is 0 Å². The number of nitriles is 1. The molecular weight excluding hydrogens is 728 g/mol. The van der Waals surface area contributed by atoms with Gasteiger partial charge in [-0.3, -0.25) is 0 Å². The molecule has 0 bridgehead atoms. The highest BCUT2D eigenvalue weighted by Crippen LogP contribution is 2.41. The Morgan fingerprint density at radius 2 is 1.09 bits per heavy atom. The maximum atomic E-state index is 9.40. The van der Waals surface area contributed by atoms with Crippen LogP contribution in [0.25, 0.3) is 105 Å². The molecule has 0 atom stereocenters. The molecule has 0 saturated carbocycles. The number of hydrogen-bond donors (Lipinski definition) is 0. The molecule has 11 rings (SSSR count). The molecule has 0 fully saturated rings. The number of rotatable bonds is 5. The monoisotopic (exact) mass is 758 g/mol. The summed E-state index contributed by atoms with van der Waals surface area (Å²) in [5.74, 6) is 0.656. The van der Waals surface area contributed by atoms with E-state index in [9.17, 15) is 5.26 Å². The zero-order valence-electron chi connectivity index (χ0n) is 31.1. The summed E-state index contributed by atoms with van der Waals surface area (Å²) >= 11 is 6.63. The Kier molecular flexibility index (Phi) is 7.89. The van der Waals surface area contributed by atoms with Crippen LogP contribution in [0.5, 0.6) is 0 Å². The maximum absolute atomic E-state index is 9.40. The zero-order chi connectivity index (χ0) is 38.7. The molecule has 4 nitrogen and oxygen atoms in total. The average molecular weight is 759 g/mol. The Balaban J connectivity index is 1.12. The Morgan fingerprint density at radius 1 is 0.448 bits per heavy atom. The van der Waals surface area contributed by atoms with E-state index in [1.807, 2.05) is 36.4 Å². The Labute approximate surface area is 339 Å². The Hall–Kier alpha value is -7.58. The van der Waals surface area contributed by atoms with E-state index in [4.69, 9.17) is 21.6 Å². The van der Waals surface area contributed by atoms with Crippen molar-refractivity contribution >= 4 is 65.9 Å². The molecule has 0 unspecified atom stereocenters. The predicted molar refractivity (Wildman–Crippen MR) is 240 cm³/mol. The lowest BCUT2D eigenvalue weighted by Crippen LogP contribution is -1.99. The first kappa shape index (κ1) is 33.7. The first-order chi connectivity index (χ1) is 28.6. The summed E-state index contributed by atoms with van der Waals surface area (Å²) in [6, 6.07) is 67.5. The van der Waals surface area contributed by atoms with Crippen molar-refractivity contribution in [2.75, 3.05) is 0 Å². The largest absolute Gasteiger partial charge is 0.309 e. The van der Waals surface area contributed by atoms with Crippen LogP contribution in [0.3, 0.4) is 0 Å². The minimum atomic E-state index is 0.631. The normalized spacial score (nSPS) is 11.5. The highest BCUT2D eigenvalue weighted by atomic mass is 35.5. The van der Waals surface area contributed by atoms with Crippen LogP contribution >= 0.6 is 11.6 Å². The van der Waals surface area contributed by atoms with Crippen molar-refractivity contribution in [3.8, 4) is 56.7 Å². The minimum Gasteiger partial charge on any atom is -0.309 e. The molecule has 0 radical (unpaired) electrons. The van der Waals surface area contributed by atoms with Crippen LogP contribution < -0.4 is 0 Å². The molecule has 0 spiro atoms. The lowest BCUT2D eigenvalue weighted by Gasteiger charge is -2.16. The number of benzene rings is 9. The summed E-state index contributed by atoms with van der Waals surface area (Å²) in [4.78, 5) is 10.7. The van der Waals surface area contributed by atoms with Crippen molar-refractivity contribution in [3.63, 3.8) is 0 Å². The Bertz CT molecular complexity index is 3450. The van der Waals surface area contributed by atoms with Crippen molar-refractivity contribution in [1.82, 2.24) is 14.5 Å². The van der Waals surface area contributed by atoms with E-state index in [2.05, 4.69) is 162 Å². The van der Waals surface area contributed by atoms with Gasteiger partial charge in [0.05, 0.1) is 39.6 Å². The molecule has 5 heteroatoms. The maximum Gasteiger partial charge on any atom is 0.161 e. The van der Waals surface area contributed by atoms with Gasteiger partial charge in [0.1, 0.15) is 0 Å². The van der Waals surface area contributed by atoms with Gasteiger partial charge in [-0.25, -0.2) is 9.97 Å². The van der Waals surface area contributed by atoms with Crippen LogP contribution in [0.15, 0.2) is 188 Å². The van der Waals surface area contributed by atoms with Crippen LogP contribution in [-0.2, 0) is 0 Å². The van der Waals surface area contributed by atoms with E-state index in [1.165, 1.54) is 10.8 Å². The first-order valence-electron chi connectivity index (χ1n) is 19.2. The van der Waals surface area contributed by atoms with Gasteiger partial charge in [0, 0.05) is 37.7 Å². The van der Waals surface area contributed by atoms with Crippen LogP contribution in [0.4, 0.5) is 0 Å². The fourth-order valence-electron chi connectivity index (χ4n) is 8.45. The molecule has 0 aliphatic heterocycles. The van der Waals surface area contributed by atoms with Crippen LogP contribution in [0.1, 0.15) is 5.56 Å². The van der Waals surface area contributed by atoms with Crippen LogP contribution in [-0.4, -0.2) is 14.5 Å². The van der Waals surface area contributed by atoms with E-state index in [0.29, 0.717) is 16.4 Å². The molecule has 11 aromatic rings. The fourth-order valence-corrected chi connectivity index (χ4v) is 8.62. The number of aromatic nitrogens is 3. The molecule has 0 amide bonds. The van der Waals surface area contributed by atoms with Crippen molar-refractivity contribution in [2.45, 2.75) is 0 Å². The van der Waals surface area contributed by atoms with E-state index in [0.717, 1.165) is 88.2 Å². The van der Waals surface area contributed by atoms with Gasteiger partial charge in [-0.05, 0) is 105 Å². The van der Waals surface area contributed by atoms with Crippen molar-refractivity contribution < 1.29 is 0 Å². The topological polar surface area (TPSA) is 54.5 Å². The molecule has 270 valence electrons. The summed E-state index contributed by atoms with van der Waals surface area (Å²) in [5, 5.41) is 17.9. The second-order valence-corrected chi connectivity index (χ2v) is 15.1. The molecule has 0 saturated heterocycles. The number of nitrogens with zero attached hydrogens (tertiary/aromatic N) is 4. The van der Waals surface area contributed by atoms with Gasteiger partial charge in [0.15, 0.2) is 5.82 Å². The molecule has 2 heterocycles. The SMILES string of the molecule is N#Cc1ccc(-c2ccc3nc(-c4ccc(-n5c6ccc(Cl)cc6c6cc7ccccc7cc65)c5ccccc45)nc(-c4ccc(-c5ccccc5)cc4)c3c2)cc1. The van der Waals surface area contributed by atoms with E-state index in [-0.39, 0.29) is 0 Å². The third kappa shape index (κ3) is 5.60. The summed E-state index contributed by atoms with van der Waals surface area (Å²) in [6.45, 7) is 0. The smallest absolute Gasteiger partial charge is 0.161 e. The second kappa shape index (κ2) is 13.6. The molecule has 58 heavy (non-hydrogen) atoms. The molecule has 0 N–H and O–H groups in total. The third-order valence-corrected chi connectivity index (χ3v) is 11.5. The van der Waals surface area contributed by atoms with E-state index in [1.54, 1.807) is 0 Å².